The Morgan fingerprint density at radius 1 is 1.35 bits per heavy atom. The van der Waals surface area contributed by atoms with E-state index in [4.69, 9.17) is 5.11 Å². The van der Waals surface area contributed by atoms with Crippen LogP contribution in [0.15, 0.2) is 30.5 Å². The van der Waals surface area contributed by atoms with Gasteiger partial charge in [-0.05, 0) is 24.8 Å². The first kappa shape index (κ1) is 14.2. The van der Waals surface area contributed by atoms with Crippen LogP contribution >= 0.6 is 0 Å². The monoisotopic (exact) mass is 273 g/mol. The Kier molecular flexibility index (Phi) is 4.87. The van der Waals surface area contributed by atoms with E-state index in [9.17, 15) is 4.79 Å². The smallest absolute Gasteiger partial charge is 0.303 e. The summed E-state index contributed by atoms with van der Waals surface area (Å²) in [4.78, 5) is 19.2. The summed E-state index contributed by atoms with van der Waals surface area (Å²) in [5.41, 5.74) is 0.920. The van der Waals surface area contributed by atoms with E-state index in [1.807, 2.05) is 24.3 Å². The molecule has 106 valence electrons. The molecule has 1 atom stereocenters. The molecular weight excluding hydrogens is 254 g/mol. The lowest BCUT2D eigenvalue weighted by atomic mass is 10.0. The van der Waals surface area contributed by atoms with Gasteiger partial charge in [-0.15, -0.1) is 0 Å². The Labute approximate surface area is 118 Å². The minimum absolute atomic E-state index is 0.230. The summed E-state index contributed by atoms with van der Waals surface area (Å²) < 4.78 is 0. The molecule has 2 N–H and O–H groups in total. The molecular formula is C15H19N3O2. The highest BCUT2D eigenvalue weighted by atomic mass is 16.4. The quantitative estimate of drug-likeness (QED) is 0.811. The summed E-state index contributed by atoms with van der Waals surface area (Å²) in [5, 5.41) is 12.8. The predicted octanol–water partition coefficient (Wildman–Crippen LogP) is 2.93. The van der Waals surface area contributed by atoms with Gasteiger partial charge in [0.15, 0.2) is 0 Å². The number of nitrogens with zero attached hydrogens (tertiary/aromatic N) is 2. The van der Waals surface area contributed by atoms with Crippen LogP contribution in [0, 0.1) is 5.92 Å². The molecule has 0 aliphatic carbocycles. The molecule has 1 heterocycles. The minimum atomic E-state index is -0.734. The first-order chi connectivity index (χ1) is 9.65. The molecule has 0 amide bonds. The van der Waals surface area contributed by atoms with E-state index >= 15 is 0 Å². The lowest BCUT2D eigenvalue weighted by Gasteiger charge is -2.10. The summed E-state index contributed by atoms with van der Waals surface area (Å²) in [6.45, 7) is 2.81. The van der Waals surface area contributed by atoms with Crippen LogP contribution in [0.1, 0.15) is 26.2 Å². The van der Waals surface area contributed by atoms with Crippen LogP contribution < -0.4 is 5.32 Å². The van der Waals surface area contributed by atoms with Gasteiger partial charge in [0.25, 0.3) is 0 Å². The van der Waals surface area contributed by atoms with Gasteiger partial charge in [0.2, 0.25) is 5.95 Å². The summed E-state index contributed by atoms with van der Waals surface area (Å²) in [6.07, 6.45) is 3.64. The van der Waals surface area contributed by atoms with Crippen molar-refractivity contribution in [2.45, 2.75) is 26.2 Å². The van der Waals surface area contributed by atoms with Crippen LogP contribution in [0.3, 0.4) is 0 Å². The highest BCUT2D eigenvalue weighted by Gasteiger charge is 2.06. The highest BCUT2D eigenvalue weighted by molar-refractivity contribution is 5.78. The molecule has 2 rings (SSSR count). The average Bonchev–Trinajstić information content (AvgIpc) is 2.45. The molecule has 20 heavy (non-hydrogen) atoms. The van der Waals surface area contributed by atoms with E-state index in [-0.39, 0.29) is 6.42 Å². The fourth-order valence-corrected chi connectivity index (χ4v) is 2.00. The van der Waals surface area contributed by atoms with Crippen LogP contribution in [-0.4, -0.2) is 27.6 Å². The number of carbonyl (C=O) groups is 1. The van der Waals surface area contributed by atoms with Gasteiger partial charge in [-0.3, -0.25) is 4.79 Å². The fraction of sp³-hybridized carbons (Fsp3) is 0.400. The number of anilines is 1. The van der Waals surface area contributed by atoms with Gasteiger partial charge >= 0.3 is 5.97 Å². The van der Waals surface area contributed by atoms with Crippen LogP contribution in [0.5, 0.6) is 0 Å². The van der Waals surface area contributed by atoms with Crippen molar-refractivity contribution in [3.05, 3.63) is 30.5 Å². The number of hydrogen-bond acceptors (Lipinski definition) is 4. The number of rotatable bonds is 7. The topological polar surface area (TPSA) is 75.1 Å². The third-order valence-electron chi connectivity index (χ3n) is 3.26. The molecule has 0 aliphatic heterocycles. The van der Waals surface area contributed by atoms with E-state index in [0.29, 0.717) is 18.3 Å². The van der Waals surface area contributed by atoms with E-state index in [1.54, 1.807) is 6.20 Å². The number of carboxylic acids is 1. The minimum Gasteiger partial charge on any atom is -0.481 e. The maximum atomic E-state index is 10.5. The molecule has 5 heteroatoms. The van der Waals surface area contributed by atoms with Gasteiger partial charge in [-0.2, -0.15) is 0 Å². The van der Waals surface area contributed by atoms with Gasteiger partial charge in [-0.1, -0.05) is 25.1 Å². The largest absolute Gasteiger partial charge is 0.481 e. The molecule has 1 aromatic heterocycles. The Morgan fingerprint density at radius 2 is 2.15 bits per heavy atom. The van der Waals surface area contributed by atoms with Gasteiger partial charge < -0.3 is 10.4 Å². The second-order valence-corrected chi connectivity index (χ2v) is 5.01. The number of para-hydroxylation sites is 1. The first-order valence-electron chi connectivity index (χ1n) is 6.82. The maximum Gasteiger partial charge on any atom is 0.303 e. The molecule has 0 saturated heterocycles. The zero-order chi connectivity index (χ0) is 14.4. The van der Waals surface area contributed by atoms with Gasteiger partial charge in [0.1, 0.15) is 0 Å². The highest BCUT2D eigenvalue weighted by Crippen LogP contribution is 2.13. The molecule has 1 aromatic carbocycles. The van der Waals surface area contributed by atoms with Gasteiger partial charge in [-0.25, -0.2) is 9.97 Å². The zero-order valence-electron chi connectivity index (χ0n) is 11.5. The predicted molar refractivity (Wildman–Crippen MR) is 78.7 cm³/mol. The maximum absolute atomic E-state index is 10.5. The first-order valence-corrected chi connectivity index (χ1v) is 6.82. The molecule has 0 bridgehead atoms. The molecule has 0 spiro atoms. The Bertz CT molecular complexity index is 586. The molecule has 1 unspecified atom stereocenters. The van der Waals surface area contributed by atoms with Crippen molar-refractivity contribution < 1.29 is 9.90 Å². The molecule has 0 radical (unpaired) electrons. The fourth-order valence-electron chi connectivity index (χ4n) is 2.00. The molecule has 5 nitrogen and oxygen atoms in total. The van der Waals surface area contributed by atoms with Crippen molar-refractivity contribution in [1.82, 2.24) is 9.97 Å². The van der Waals surface area contributed by atoms with Gasteiger partial charge in [0, 0.05) is 24.5 Å². The summed E-state index contributed by atoms with van der Waals surface area (Å²) >= 11 is 0. The van der Waals surface area contributed by atoms with Crippen LogP contribution in [0.2, 0.25) is 0 Å². The Balaban J connectivity index is 1.82. The molecule has 2 aromatic rings. The zero-order valence-corrected chi connectivity index (χ0v) is 11.5. The number of fused-ring (bicyclic) bond motifs is 1. The average molecular weight is 273 g/mol. The molecule has 0 fully saturated rings. The van der Waals surface area contributed by atoms with Crippen molar-refractivity contribution in [2.24, 2.45) is 5.92 Å². The Hall–Kier alpha value is -2.17. The summed E-state index contributed by atoms with van der Waals surface area (Å²) in [7, 11) is 0. The SMILES string of the molecule is CC(CCNc1ncc2ccccc2n1)CCC(=O)O. The van der Waals surface area contributed by atoms with Crippen molar-refractivity contribution >= 4 is 22.8 Å². The number of benzene rings is 1. The lowest BCUT2D eigenvalue weighted by molar-refractivity contribution is -0.137. The van der Waals surface area contributed by atoms with Crippen LogP contribution in [-0.2, 0) is 4.79 Å². The Morgan fingerprint density at radius 3 is 2.95 bits per heavy atom. The third kappa shape index (κ3) is 4.19. The molecule has 0 aliphatic rings. The number of hydrogen-bond donors (Lipinski definition) is 2. The van der Waals surface area contributed by atoms with E-state index in [0.717, 1.165) is 23.9 Å². The lowest BCUT2D eigenvalue weighted by Crippen LogP contribution is -2.10. The van der Waals surface area contributed by atoms with E-state index < -0.39 is 5.97 Å². The second-order valence-electron chi connectivity index (χ2n) is 5.01. The standard InChI is InChI=1S/C15H19N3O2/c1-11(6-7-14(19)20)8-9-16-15-17-10-12-4-2-3-5-13(12)18-15/h2-5,10-11H,6-9H2,1H3,(H,19,20)(H,16,17,18). The van der Waals surface area contributed by atoms with Crippen molar-refractivity contribution in [3.63, 3.8) is 0 Å². The summed E-state index contributed by atoms with van der Waals surface area (Å²) in [5.74, 6) is 0.260. The van der Waals surface area contributed by atoms with Gasteiger partial charge in [0.05, 0.1) is 5.52 Å². The third-order valence-corrected chi connectivity index (χ3v) is 3.26. The van der Waals surface area contributed by atoms with E-state index in [1.165, 1.54) is 0 Å². The normalized spacial score (nSPS) is 12.2. The van der Waals surface area contributed by atoms with Crippen molar-refractivity contribution in [2.75, 3.05) is 11.9 Å². The van der Waals surface area contributed by atoms with Crippen LogP contribution in [0.25, 0.3) is 10.9 Å². The van der Waals surface area contributed by atoms with Crippen LogP contribution in [0.4, 0.5) is 5.95 Å². The summed E-state index contributed by atoms with van der Waals surface area (Å²) in [6, 6.07) is 7.85. The number of carboxylic acid groups (broad SMARTS) is 1. The number of aliphatic carboxylic acids is 1. The van der Waals surface area contributed by atoms with Crippen molar-refractivity contribution in [3.8, 4) is 0 Å². The number of aromatic nitrogens is 2. The number of nitrogens with one attached hydrogen (secondary N) is 1. The van der Waals surface area contributed by atoms with E-state index in [2.05, 4.69) is 22.2 Å². The molecule has 0 saturated carbocycles. The second kappa shape index (κ2) is 6.84. The van der Waals surface area contributed by atoms with Crippen molar-refractivity contribution in [1.29, 1.82) is 0 Å².